The van der Waals surface area contributed by atoms with Crippen LogP contribution in [-0.4, -0.2) is 19.8 Å². The standard InChI is InChI=1S/C15H17NO/c16-9-15(10-17-11-15)8-12-5-6-13-3-1-2-4-14(13)7-12/h1-7H,8-11,16H2. The van der Waals surface area contributed by atoms with E-state index in [-0.39, 0.29) is 5.41 Å². The molecule has 0 amide bonds. The van der Waals surface area contributed by atoms with E-state index in [2.05, 4.69) is 42.5 Å². The van der Waals surface area contributed by atoms with Gasteiger partial charge in [0.05, 0.1) is 13.2 Å². The lowest BCUT2D eigenvalue weighted by Crippen LogP contribution is -2.49. The highest BCUT2D eigenvalue weighted by molar-refractivity contribution is 5.83. The van der Waals surface area contributed by atoms with Crippen molar-refractivity contribution in [1.29, 1.82) is 0 Å². The predicted octanol–water partition coefficient (Wildman–Crippen LogP) is 2.36. The molecular formula is C15H17NO. The normalized spacial score (nSPS) is 17.9. The fourth-order valence-corrected chi connectivity index (χ4v) is 2.46. The molecule has 0 unspecified atom stereocenters. The second kappa shape index (κ2) is 4.13. The molecule has 0 radical (unpaired) electrons. The molecule has 2 nitrogen and oxygen atoms in total. The first-order valence-corrected chi connectivity index (χ1v) is 6.07. The average molecular weight is 227 g/mol. The maximum Gasteiger partial charge on any atom is 0.0560 e. The van der Waals surface area contributed by atoms with Gasteiger partial charge < -0.3 is 10.5 Å². The van der Waals surface area contributed by atoms with Crippen LogP contribution in [0.5, 0.6) is 0 Å². The summed E-state index contributed by atoms with van der Waals surface area (Å²) in [4.78, 5) is 0. The number of nitrogens with two attached hydrogens (primary N) is 1. The van der Waals surface area contributed by atoms with Gasteiger partial charge in [-0.2, -0.15) is 0 Å². The molecule has 2 aromatic carbocycles. The number of fused-ring (bicyclic) bond motifs is 1. The Morgan fingerprint density at radius 3 is 2.47 bits per heavy atom. The van der Waals surface area contributed by atoms with E-state index < -0.39 is 0 Å². The quantitative estimate of drug-likeness (QED) is 0.873. The van der Waals surface area contributed by atoms with Crippen LogP contribution < -0.4 is 5.73 Å². The van der Waals surface area contributed by atoms with Crippen molar-refractivity contribution < 1.29 is 4.74 Å². The Hall–Kier alpha value is -1.38. The highest BCUT2D eigenvalue weighted by Gasteiger charge is 2.37. The molecule has 0 bridgehead atoms. The van der Waals surface area contributed by atoms with Crippen LogP contribution in [0.15, 0.2) is 42.5 Å². The maximum absolute atomic E-state index is 5.85. The minimum atomic E-state index is 0.183. The van der Waals surface area contributed by atoms with Gasteiger partial charge in [-0.1, -0.05) is 42.5 Å². The number of ether oxygens (including phenoxy) is 1. The third-order valence-corrected chi connectivity index (χ3v) is 3.64. The van der Waals surface area contributed by atoms with Gasteiger partial charge in [0.15, 0.2) is 0 Å². The number of benzene rings is 2. The molecule has 0 atom stereocenters. The summed E-state index contributed by atoms with van der Waals surface area (Å²) in [6.07, 6.45) is 1.02. The summed E-state index contributed by atoms with van der Waals surface area (Å²) in [7, 11) is 0. The van der Waals surface area contributed by atoms with E-state index in [4.69, 9.17) is 10.5 Å². The van der Waals surface area contributed by atoms with Gasteiger partial charge in [0.2, 0.25) is 0 Å². The Labute approximate surface area is 101 Å². The first-order chi connectivity index (χ1) is 8.31. The summed E-state index contributed by atoms with van der Waals surface area (Å²) in [5.74, 6) is 0. The van der Waals surface area contributed by atoms with Crippen molar-refractivity contribution >= 4 is 10.8 Å². The minimum absolute atomic E-state index is 0.183. The molecular weight excluding hydrogens is 210 g/mol. The zero-order chi connectivity index (χ0) is 11.7. The van der Waals surface area contributed by atoms with Gasteiger partial charge in [0.1, 0.15) is 0 Å². The molecule has 2 N–H and O–H groups in total. The van der Waals surface area contributed by atoms with E-state index in [0.29, 0.717) is 6.54 Å². The van der Waals surface area contributed by atoms with Crippen LogP contribution in [0.2, 0.25) is 0 Å². The molecule has 0 aliphatic carbocycles. The topological polar surface area (TPSA) is 35.2 Å². The van der Waals surface area contributed by atoms with E-state index in [9.17, 15) is 0 Å². The fourth-order valence-electron chi connectivity index (χ4n) is 2.46. The zero-order valence-corrected chi connectivity index (χ0v) is 9.86. The van der Waals surface area contributed by atoms with Crippen LogP contribution in [0, 0.1) is 5.41 Å². The summed E-state index contributed by atoms with van der Waals surface area (Å²) < 4.78 is 5.31. The van der Waals surface area contributed by atoms with Gasteiger partial charge in [0.25, 0.3) is 0 Å². The van der Waals surface area contributed by atoms with Crippen molar-refractivity contribution in [2.75, 3.05) is 19.8 Å². The van der Waals surface area contributed by atoms with Crippen LogP contribution in [0.25, 0.3) is 10.8 Å². The summed E-state index contributed by atoms with van der Waals surface area (Å²) in [6, 6.07) is 15.1. The molecule has 1 aliphatic rings. The highest BCUT2D eigenvalue weighted by Crippen LogP contribution is 2.31. The molecule has 0 saturated carbocycles. The van der Waals surface area contributed by atoms with Crippen molar-refractivity contribution in [3.05, 3.63) is 48.0 Å². The molecule has 1 fully saturated rings. The summed E-state index contributed by atoms with van der Waals surface area (Å²) in [5, 5.41) is 2.60. The van der Waals surface area contributed by atoms with Crippen LogP contribution in [0.1, 0.15) is 5.56 Å². The van der Waals surface area contributed by atoms with Gasteiger partial charge in [0, 0.05) is 12.0 Å². The zero-order valence-electron chi connectivity index (χ0n) is 9.86. The van der Waals surface area contributed by atoms with Crippen molar-refractivity contribution in [2.24, 2.45) is 11.1 Å². The van der Waals surface area contributed by atoms with E-state index in [0.717, 1.165) is 19.6 Å². The molecule has 88 valence electrons. The van der Waals surface area contributed by atoms with Gasteiger partial charge >= 0.3 is 0 Å². The van der Waals surface area contributed by atoms with Gasteiger partial charge in [-0.15, -0.1) is 0 Å². The van der Waals surface area contributed by atoms with E-state index in [1.54, 1.807) is 0 Å². The SMILES string of the molecule is NCC1(Cc2ccc3ccccc3c2)COC1. The van der Waals surface area contributed by atoms with Gasteiger partial charge in [-0.3, -0.25) is 0 Å². The first kappa shape index (κ1) is 10.8. The lowest BCUT2D eigenvalue weighted by Gasteiger charge is -2.40. The molecule has 0 aromatic heterocycles. The largest absolute Gasteiger partial charge is 0.380 e. The monoisotopic (exact) mass is 227 g/mol. The first-order valence-electron chi connectivity index (χ1n) is 6.07. The van der Waals surface area contributed by atoms with Crippen molar-refractivity contribution in [1.82, 2.24) is 0 Å². The van der Waals surface area contributed by atoms with Crippen LogP contribution in [-0.2, 0) is 11.2 Å². The van der Waals surface area contributed by atoms with E-state index in [1.807, 2.05) is 0 Å². The molecule has 17 heavy (non-hydrogen) atoms. The van der Waals surface area contributed by atoms with Crippen molar-refractivity contribution in [3.8, 4) is 0 Å². The molecule has 0 spiro atoms. The smallest absolute Gasteiger partial charge is 0.0560 e. The van der Waals surface area contributed by atoms with Crippen LogP contribution >= 0.6 is 0 Å². The highest BCUT2D eigenvalue weighted by atomic mass is 16.5. The van der Waals surface area contributed by atoms with Crippen LogP contribution in [0.3, 0.4) is 0 Å². The molecule has 1 aliphatic heterocycles. The third kappa shape index (κ3) is 1.94. The molecule has 2 heteroatoms. The van der Waals surface area contributed by atoms with Crippen molar-refractivity contribution in [3.63, 3.8) is 0 Å². The lowest BCUT2D eigenvalue weighted by atomic mass is 9.79. The Bertz CT molecular complexity index is 526. The van der Waals surface area contributed by atoms with Crippen molar-refractivity contribution in [2.45, 2.75) is 6.42 Å². The second-order valence-electron chi connectivity index (χ2n) is 5.06. The average Bonchev–Trinajstić information content (AvgIpc) is 2.34. The number of hydrogen-bond acceptors (Lipinski definition) is 2. The summed E-state index contributed by atoms with van der Waals surface area (Å²) >= 11 is 0. The maximum atomic E-state index is 5.85. The molecule has 1 saturated heterocycles. The molecule has 1 heterocycles. The van der Waals surface area contributed by atoms with Gasteiger partial charge in [-0.25, -0.2) is 0 Å². The van der Waals surface area contributed by atoms with E-state index >= 15 is 0 Å². The van der Waals surface area contributed by atoms with Gasteiger partial charge in [-0.05, 0) is 22.8 Å². The predicted molar refractivity (Wildman–Crippen MR) is 70.0 cm³/mol. The Kier molecular flexibility index (Phi) is 2.61. The third-order valence-electron chi connectivity index (χ3n) is 3.64. The molecule has 2 aromatic rings. The number of hydrogen-bond donors (Lipinski definition) is 1. The van der Waals surface area contributed by atoms with E-state index in [1.165, 1.54) is 16.3 Å². The second-order valence-corrected chi connectivity index (χ2v) is 5.06. The minimum Gasteiger partial charge on any atom is -0.380 e. The Balaban J connectivity index is 1.90. The Morgan fingerprint density at radius 1 is 1.06 bits per heavy atom. The number of rotatable bonds is 3. The lowest BCUT2D eigenvalue weighted by molar-refractivity contribution is -0.106. The Morgan fingerprint density at radius 2 is 1.82 bits per heavy atom. The summed E-state index contributed by atoms with van der Waals surface area (Å²) in [5.41, 5.74) is 7.39. The molecule has 3 rings (SSSR count). The fraction of sp³-hybridized carbons (Fsp3) is 0.333. The summed E-state index contributed by atoms with van der Waals surface area (Å²) in [6.45, 7) is 2.31. The van der Waals surface area contributed by atoms with Crippen LogP contribution in [0.4, 0.5) is 0 Å².